The molecule has 4 nitrogen and oxygen atoms in total. The van der Waals surface area contributed by atoms with Crippen molar-refractivity contribution >= 4 is 17.7 Å². The molecule has 0 aliphatic carbocycles. The Balaban J connectivity index is 2.37. The molecular formula is C10H7ClN2O2. The van der Waals surface area contributed by atoms with Gasteiger partial charge in [-0.2, -0.15) is 9.78 Å². The Morgan fingerprint density at radius 1 is 1.27 bits per heavy atom. The van der Waals surface area contributed by atoms with E-state index < -0.39 is 6.09 Å². The highest BCUT2D eigenvalue weighted by Crippen LogP contribution is 2.19. The van der Waals surface area contributed by atoms with Gasteiger partial charge in [0.25, 0.3) is 0 Å². The monoisotopic (exact) mass is 222 g/mol. The molecule has 2 aromatic rings. The average molecular weight is 223 g/mol. The first-order chi connectivity index (χ1) is 7.16. The zero-order valence-electron chi connectivity index (χ0n) is 7.59. The first kappa shape index (κ1) is 9.73. The second-order valence-electron chi connectivity index (χ2n) is 2.94. The van der Waals surface area contributed by atoms with Crippen LogP contribution in [0.4, 0.5) is 4.79 Å². The van der Waals surface area contributed by atoms with E-state index in [1.54, 1.807) is 30.3 Å². The summed E-state index contributed by atoms with van der Waals surface area (Å²) in [7, 11) is 0. The van der Waals surface area contributed by atoms with Crippen molar-refractivity contribution in [2.24, 2.45) is 0 Å². The van der Waals surface area contributed by atoms with Crippen LogP contribution in [0.2, 0.25) is 5.02 Å². The maximum atomic E-state index is 10.6. The second-order valence-corrected chi connectivity index (χ2v) is 3.37. The lowest BCUT2D eigenvalue weighted by atomic mass is 10.2. The Hall–Kier alpha value is -1.81. The minimum Gasteiger partial charge on any atom is -0.463 e. The van der Waals surface area contributed by atoms with Gasteiger partial charge in [-0.3, -0.25) is 0 Å². The fourth-order valence-corrected chi connectivity index (χ4v) is 1.33. The Bertz CT molecular complexity index is 490. The van der Waals surface area contributed by atoms with Crippen LogP contribution >= 0.6 is 11.6 Å². The fourth-order valence-electron chi connectivity index (χ4n) is 1.21. The summed E-state index contributed by atoms with van der Waals surface area (Å²) in [4.78, 5) is 10.6. The lowest BCUT2D eigenvalue weighted by Crippen LogP contribution is -2.07. The third-order valence-electron chi connectivity index (χ3n) is 1.93. The largest absolute Gasteiger partial charge is 0.463 e. The number of rotatable bonds is 1. The highest BCUT2D eigenvalue weighted by Gasteiger charge is 2.05. The van der Waals surface area contributed by atoms with Gasteiger partial charge in [0.1, 0.15) is 0 Å². The van der Waals surface area contributed by atoms with Crippen LogP contribution in [0.25, 0.3) is 11.3 Å². The van der Waals surface area contributed by atoms with Gasteiger partial charge < -0.3 is 5.11 Å². The summed E-state index contributed by atoms with van der Waals surface area (Å²) in [6, 6.07) is 8.68. The molecule has 5 heteroatoms. The van der Waals surface area contributed by atoms with Crippen molar-refractivity contribution in [2.45, 2.75) is 0 Å². The lowest BCUT2D eigenvalue weighted by Gasteiger charge is -1.96. The van der Waals surface area contributed by atoms with Crippen LogP contribution in [0.5, 0.6) is 0 Å². The number of benzene rings is 1. The van der Waals surface area contributed by atoms with Crippen molar-refractivity contribution in [3.05, 3.63) is 41.6 Å². The number of hydrogen-bond donors (Lipinski definition) is 1. The van der Waals surface area contributed by atoms with Crippen LogP contribution in [0, 0.1) is 0 Å². The van der Waals surface area contributed by atoms with E-state index >= 15 is 0 Å². The Labute approximate surface area is 90.7 Å². The van der Waals surface area contributed by atoms with E-state index in [2.05, 4.69) is 5.10 Å². The summed E-state index contributed by atoms with van der Waals surface area (Å²) >= 11 is 5.74. The molecule has 0 aliphatic rings. The molecule has 0 aliphatic heterocycles. The van der Waals surface area contributed by atoms with Gasteiger partial charge in [-0.1, -0.05) is 23.7 Å². The molecule has 0 amide bonds. The zero-order valence-corrected chi connectivity index (χ0v) is 8.35. The fraction of sp³-hybridized carbons (Fsp3) is 0. The maximum absolute atomic E-state index is 10.6. The Morgan fingerprint density at radius 3 is 2.47 bits per heavy atom. The minimum atomic E-state index is -1.10. The maximum Gasteiger partial charge on any atom is 0.432 e. The predicted octanol–water partition coefficient (Wildman–Crippen LogP) is 2.73. The standard InChI is InChI=1S/C10H7ClN2O2/c11-8-3-1-7(2-4-8)9-5-6-13(12-9)10(14)15/h1-6H,(H,14,15). The third kappa shape index (κ3) is 1.99. The van der Waals surface area contributed by atoms with E-state index in [9.17, 15) is 4.79 Å². The van der Waals surface area contributed by atoms with E-state index in [1.807, 2.05) is 0 Å². The van der Waals surface area contributed by atoms with Gasteiger partial charge in [-0.05, 0) is 18.2 Å². The molecule has 1 N–H and O–H groups in total. The first-order valence-corrected chi connectivity index (χ1v) is 4.59. The van der Waals surface area contributed by atoms with Crippen LogP contribution in [-0.4, -0.2) is 21.0 Å². The van der Waals surface area contributed by atoms with Gasteiger partial charge in [0.2, 0.25) is 0 Å². The van der Waals surface area contributed by atoms with Crippen molar-refractivity contribution in [3.63, 3.8) is 0 Å². The second kappa shape index (κ2) is 3.74. The zero-order chi connectivity index (χ0) is 10.8. The first-order valence-electron chi connectivity index (χ1n) is 4.22. The number of halogens is 1. The summed E-state index contributed by atoms with van der Waals surface area (Å²) in [5.74, 6) is 0. The summed E-state index contributed by atoms with van der Waals surface area (Å²) in [5, 5.41) is 13.2. The normalized spacial score (nSPS) is 10.2. The van der Waals surface area contributed by atoms with Crippen LogP contribution < -0.4 is 0 Å². The van der Waals surface area contributed by atoms with Crippen molar-refractivity contribution in [2.75, 3.05) is 0 Å². The number of hydrogen-bond acceptors (Lipinski definition) is 2. The molecule has 2 rings (SSSR count). The number of carbonyl (C=O) groups is 1. The number of aromatic nitrogens is 2. The molecule has 1 aromatic carbocycles. The summed E-state index contributed by atoms with van der Waals surface area (Å²) in [6.45, 7) is 0. The molecule has 0 radical (unpaired) electrons. The van der Waals surface area contributed by atoms with Crippen molar-refractivity contribution in [1.82, 2.24) is 9.78 Å². The third-order valence-corrected chi connectivity index (χ3v) is 2.18. The van der Waals surface area contributed by atoms with Crippen LogP contribution in [0.15, 0.2) is 36.5 Å². The molecular weight excluding hydrogens is 216 g/mol. The van der Waals surface area contributed by atoms with E-state index in [0.29, 0.717) is 10.7 Å². The summed E-state index contributed by atoms with van der Waals surface area (Å²) < 4.78 is 0.865. The quantitative estimate of drug-likeness (QED) is 0.807. The molecule has 0 saturated heterocycles. The van der Waals surface area contributed by atoms with E-state index in [0.717, 1.165) is 10.2 Å². The molecule has 1 heterocycles. The molecule has 0 atom stereocenters. The van der Waals surface area contributed by atoms with Crippen LogP contribution in [-0.2, 0) is 0 Å². The Morgan fingerprint density at radius 2 is 1.93 bits per heavy atom. The molecule has 15 heavy (non-hydrogen) atoms. The van der Waals surface area contributed by atoms with Gasteiger partial charge in [0, 0.05) is 16.8 Å². The number of carboxylic acid groups (broad SMARTS) is 1. The van der Waals surface area contributed by atoms with Gasteiger partial charge in [0.05, 0.1) is 5.69 Å². The van der Waals surface area contributed by atoms with Crippen molar-refractivity contribution in [3.8, 4) is 11.3 Å². The van der Waals surface area contributed by atoms with Gasteiger partial charge in [0.15, 0.2) is 0 Å². The minimum absolute atomic E-state index is 0.606. The lowest BCUT2D eigenvalue weighted by molar-refractivity contribution is 0.192. The summed E-state index contributed by atoms with van der Waals surface area (Å²) in [5.41, 5.74) is 1.44. The van der Waals surface area contributed by atoms with Crippen molar-refractivity contribution < 1.29 is 9.90 Å². The van der Waals surface area contributed by atoms with Gasteiger partial charge in [-0.25, -0.2) is 4.79 Å². The van der Waals surface area contributed by atoms with Crippen LogP contribution in [0.1, 0.15) is 0 Å². The molecule has 76 valence electrons. The van der Waals surface area contributed by atoms with E-state index in [-0.39, 0.29) is 0 Å². The SMILES string of the molecule is O=C(O)n1ccc(-c2ccc(Cl)cc2)n1. The molecule has 0 unspecified atom stereocenters. The molecule has 0 bridgehead atoms. The molecule has 0 saturated carbocycles. The van der Waals surface area contributed by atoms with Crippen LogP contribution in [0.3, 0.4) is 0 Å². The van der Waals surface area contributed by atoms with Gasteiger partial charge >= 0.3 is 6.09 Å². The molecule has 0 fully saturated rings. The molecule has 0 spiro atoms. The highest BCUT2D eigenvalue weighted by atomic mass is 35.5. The highest BCUT2D eigenvalue weighted by molar-refractivity contribution is 6.30. The molecule has 1 aromatic heterocycles. The average Bonchev–Trinajstić information content (AvgIpc) is 2.68. The van der Waals surface area contributed by atoms with E-state index in [4.69, 9.17) is 16.7 Å². The number of nitrogens with zero attached hydrogens (tertiary/aromatic N) is 2. The van der Waals surface area contributed by atoms with Crippen molar-refractivity contribution in [1.29, 1.82) is 0 Å². The van der Waals surface area contributed by atoms with E-state index in [1.165, 1.54) is 6.20 Å². The van der Waals surface area contributed by atoms with Gasteiger partial charge in [-0.15, -0.1) is 0 Å². The predicted molar refractivity (Wildman–Crippen MR) is 56.1 cm³/mol. The Kier molecular flexibility index (Phi) is 2.43. The smallest absolute Gasteiger partial charge is 0.432 e. The summed E-state index contributed by atoms with van der Waals surface area (Å²) in [6.07, 6.45) is 0.293. The topological polar surface area (TPSA) is 55.1 Å².